The average molecular weight is 408 g/mol. The van der Waals surface area contributed by atoms with E-state index in [4.69, 9.17) is 32.7 Å². The van der Waals surface area contributed by atoms with Gasteiger partial charge in [0.05, 0.1) is 7.11 Å². The first-order valence-corrected chi connectivity index (χ1v) is 9.46. The summed E-state index contributed by atoms with van der Waals surface area (Å²) in [4.78, 5) is 13.8. The SMILES string of the molecule is CCN(CC)C(=O)/C=C/c1ccc(OCc2c(Cl)cccc2Cl)c(OC)c1. The molecule has 0 fully saturated rings. The van der Waals surface area contributed by atoms with Crippen molar-refractivity contribution in [3.05, 3.63) is 63.6 Å². The van der Waals surface area contributed by atoms with Crippen LogP contribution in [0.5, 0.6) is 11.5 Å². The van der Waals surface area contributed by atoms with Gasteiger partial charge in [0.1, 0.15) is 6.61 Å². The molecule has 6 heteroatoms. The highest BCUT2D eigenvalue weighted by Crippen LogP contribution is 2.31. The fraction of sp³-hybridized carbons (Fsp3) is 0.286. The van der Waals surface area contributed by atoms with E-state index in [1.807, 2.05) is 26.0 Å². The summed E-state index contributed by atoms with van der Waals surface area (Å²) in [5, 5.41) is 1.10. The Balaban J connectivity index is 2.13. The first-order valence-electron chi connectivity index (χ1n) is 8.70. The lowest BCUT2D eigenvalue weighted by Gasteiger charge is -2.16. The molecule has 1 amide bonds. The fourth-order valence-corrected chi connectivity index (χ4v) is 3.04. The molecule has 2 aromatic carbocycles. The molecule has 0 aliphatic heterocycles. The lowest BCUT2D eigenvalue weighted by atomic mass is 10.1. The molecule has 2 rings (SSSR count). The van der Waals surface area contributed by atoms with Crippen molar-refractivity contribution in [1.29, 1.82) is 0 Å². The zero-order valence-electron chi connectivity index (χ0n) is 15.7. The molecule has 0 radical (unpaired) electrons. The van der Waals surface area contributed by atoms with Gasteiger partial charge < -0.3 is 14.4 Å². The van der Waals surface area contributed by atoms with Gasteiger partial charge in [-0.3, -0.25) is 4.79 Å². The van der Waals surface area contributed by atoms with E-state index >= 15 is 0 Å². The van der Waals surface area contributed by atoms with Crippen LogP contribution in [0.4, 0.5) is 0 Å². The van der Waals surface area contributed by atoms with Crippen LogP contribution in [0.2, 0.25) is 10.0 Å². The average Bonchev–Trinajstić information content (AvgIpc) is 2.67. The van der Waals surface area contributed by atoms with Crippen LogP contribution in [0.25, 0.3) is 6.08 Å². The summed E-state index contributed by atoms with van der Waals surface area (Å²) >= 11 is 12.3. The number of halogens is 2. The lowest BCUT2D eigenvalue weighted by Crippen LogP contribution is -2.28. The van der Waals surface area contributed by atoms with E-state index < -0.39 is 0 Å². The van der Waals surface area contributed by atoms with Gasteiger partial charge >= 0.3 is 0 Å². The van der Waals surface area contributed by atoms with E-state index in [2.05, 4.69) is 0 Å². The molecule has 144 valence electrons. The number of hydrogen-bond acceptors (Lipinski definition) is 3. The zero-order chi connectivity index (χ0) is 19.8. The quantitative estimate of drug-likeness (QED) is 0.545. The van der Waals surface area contributed by atoms with Gasteiger partial charge in [-0.15, -0.1) is 0 Å². The first kappa shape index (κ1) is 21.1. The number of methoxy groups -OCH3 is 1. The maximum absolute atomic E-state index is 12.1. The summed E-state index contributed by atoms with van der Waals surface area (Å²) in [5.41, 5.74) is 1.56. The van der Waals surface area contributed by atoms with Gasteiger partial charge in [0, 0.05) is 34.8 Å². The number of carbonyl (C=O) groups is 1. The third-order valence-corrected chi connectivity index (χ3v) is 4.82. The summed E-state index contributed by atoms with van der Waals surface area (Å²) in [5.74, 6) is 1.11. The highest BCUT2D eigenvalue weighted by atomic mass is 35.5. The molecular weight excluding hydrogens is 385 g/mol. The van der Waals surface area contributed by atoms with Crippen LogP contribution in [-0.2, 0) is 11.4 Å². The van der Waals surface area contributed by atoms with Crippen LogP contribution < -0.4 is 9.47 Å². The second kappa shape index (κ2) is 10.2. The van der Waals surface area contributed by atoms with Crippen LogP contribution >= 0.6 is 23.2 Å². The predicted molar refractivity (Wildman–Crippen MR) is 111 cm³/mol. The molecule has 0 aromatic heterocycles. The van der Waals surface area contributed by atoms with Crippen LogP contribution in [0.1, 0.15) is 25.0 Å². The van der Waals surface area contributed by atoms with Crippen molar-refractivity contribution in [2.24, 2.45) is 0 Å². The maximum Gasteiger partial charge on any atom is 0.246 e. The second-order valence-electron chi connectivity index (χ2n) is 5.74. The van der Waals surface area contributed by atoms with Crippen LogP contribution in [0.3, 0.4) is 0 Å². The molecule has 0 spiro atoms. The standard InChI is InChI=1S/C21H23Cl2NO3/c1-4-24(5-2)21(25)12-10-15-9-11-19(20(13-15)26-3)27-14-16-17(22)7-6-8-18(16)23/h6-13H,4-5,14H2,1-3H3/b12-10+. The maximum atomic E-state index is 12.1. The molecule has 0 saturated heterocycles. The highest BCUT2D eigenvalue weighted by molar-refractivity contribution is 6.35. The van der Waals surface area contributed by atoms with Crippen molar-refractivity contribution in [3.63, 3.8) is 0 Å². The second-order valence-corrected chi connectivity index (χ2v) is 6.56. The van der Waals surface area contributed by atoms with Gasteiger partial charge in [-0.05, 0) is 49.8 Å². The van der Waals surface area contributed by atoms with Crippen LogP contribution in [0.15, 0.2) is 42.5 Å². The third-order valence-electron chi connectivity index (χ3n) is 4.11. The number of ether oxygens (including phenoxy) is 2. The number of amides is 1. The van der Waals surface area contributed by atoms with E-state index in [0.29, 0.717) is 34.6 Å². The molecule has 0 unspecified atom stereocenters. The summed E-state index contributed by atoms with van der Waals surface area (Å²) in [6.07, 6.45) is 3.32. The Morgan fingerprint density at radius 2 is 1.74 bits per heavy atom. The van der Waals surface area contributed by atoms with Crippen LogP contribution in [0, 0.1) is 0 Å². The molecular formula is C21H23Cl2NO3. The molecule has 0 bridgehead atoms. The molecule has 27 heavy (non-hydrogen) atoms. The summed E-state index contributed by atoms with van der Waals surface area (Å²) in [6.45, 7) is 5.50. The van der Waals surface area contributed by atoms with Gasteiger partial charge in [-0.2, -0.15) is 0 Å². The van der Waals surface area contributed by atoms with Gasteiger partial charge in [0.25, 0.3) is 0 Å². The fourth-order valence-electron chi connectivity index (χ4n) is 2.54. The van der Waals surface area contributed by atoms with Crippen molar-refractivity contribution in [2.75, 3.05) is 20.2 Å². The number of nitrogens with zero attached hydrogens (tertiary/aromatic N) is 1. The third kappa shape index (κ3) is 5.65. The van der Waals surface area contributed by atoms with Crippen molar-refractivity contribution in [3.8, 4) is 11.5 Å². The van der Waals surface area contributed by atoms with Gasteiger partial charge in [-0.25, -0.2) is 0 Å². The minimum atomic E-state index is -0.0207. The zero-order valence-corrected chi connectivity index (χ0v) is 17.2. The van der Waals surface area contributed by atoms with E-state index in [1.54, 1.807) is 48.4 Å². The van der Waals surface area contributed by atoms with Gasteiger partial charge in [0.15, 0.2) is 11.5 Å². The van der Waals surface area contributed by atoms with Crippen molar-refractivity contribution in [2.45, 2.75) is 20.5 Å². The Morgan fingerprint density at radius 1 is 1.07 bits per heavy atom. The van der Waals surface area contributed by atoms with E-state index in [1.165, 1.54) is 0 Å². The molecule has 2 aromatic rings. The molecule has 0 aliphatic carbocycles. The monoisotopic (exact) mass is 407 g/mol. The van der Waals surface area contributed by atoms with E-state index in [-0.39, 0.29) is 12.5 Å². The molecule has 0 N–H and O–H groups in total. The Hall–Kier alpha value is -2.17. The Kier molecular flexibility index (Phi) is 8.01. The summed E-state index contributed by atoms with van der Waals surface area (Å²) in [6, 6.07) is 10.8. The number of hydrogen-bond donors (Lipinski definition) is 0. The van der Waals surface area contributed by atoms with Crippen molar-refractivity contribution < 1.29 is 14.3 Å². The summed E-state index contributed by atoms with van der Waals surface area (Å²) < 4.78 is 11.2. The molecule has 0 heterocycles. The number of benzene rings is 2. The minimum Gasteiger partial charge on any atom is -0.493 e. The first-order chi connectivity index (χ1) is 13.0. The number of carbonyl (C=O) groups excluding carboxylic acids is 1. The van der Waals surface area contributed by atoms with Gasteiger partial charge in [0.2, 0.25) is 5.91 Å². The molecule has 4 nitrogen and oxygen atoms in total. The molecule has 0 aliphatic rings. The summed E-state index contributed by atoms with van der Waals surface area (Å²) in [7, 11) is 1.57. The Bertz CT molecular complexity index is 797. The Morgan fingerprint density at radius 3 is 2.33 bits per heavy atom. The Labute approximate surface area is 170 Å². The molecule has 0 saturated carbocycles. The number of rotatable bonds is 8. The predicted octanol–water partition coefficient (Wildman–Crippen LogP) is 5.46. The smallest absolute Gasteiger partial charge is 0.246 e. The van der Waals surface area contributed by atoms with E-state index in [0.717, 1.165) is 11.1 Å². The minimum absolute atomic E-state index is 0.0207. The van der Waals surface area contributed by atoms with Crippen LogP contribution in [-0.4, -0.2) is 31.0 Å². The van der Waals surface area contributed by atoms with E-state index in [9.17, 15) is 4.79 Å². The highest BCUT2D eigenvalue weighted by Gasteiger charge is 2.10. The van der Waals surface area contributed by atoms with Gasteiger partial charge in [-0.1, -0.05) is 35.3 Å². The van der Waals surface area contributed by atoms with Crippen molar-refractivity contribution in [1.82, 2.24) is 4.90 Å². The lowest BCUT2D eigenvalue weighted by molar-refractivity contribution is -0.125. The topological polar surface area (TPSA) is 38.8 Å². The normalized spacial score (nSPS) is 10.9. The largest absolute Gasteiger partial charge is 0.493 e. The number of likely N-dealkylation sites (N-methyl/N-ethyl adjacent to an activating group) is 1. The molecule has 0 atom stereocenters. The van der Waals surface area contributed by atoms with Crippen molar-refractivity contribution >= 4 is 35.2 Å².